The summed E-state index contributed by atoms with van der Waals surface area (Å²) in [7, 11) is 0. The molecule has 1 unspecified atom stereocenters. The van der Waals surface area contributed by atoms with E-state index in [-0.39, 0.29) is 53.5 Å². The van der Waals surface area contributed by atoms with Crippen molar-refractivity contribution in [3.63, 3.8) is 0 Å². The highest BCUT2D eigenvalue weighted by atomic mass is 16.5. The van der Waals surface area contributed by atoms with Gasteiger partial charge in [0.1, 0.15) is 6.04 Å². The molecule has 52 heavy (non-hydrogen) atoms. The molecule has 0 aliphatic heterocycles. The normalized spacial score (nSPS) is 13.9. The minimum absolute atomic E-state index is 0.115. The molecular weight excluding hydrogens is 654 g/mol. The van der Waals surface area contributed by atoms with Crippen LogP contribution in [0.1, 0.15) is 96.3 Å². The Balaban J connectivity index is 1.38. The van der Waals surface area contributed by atoms with E-state index in [2.05, 4.69) is 33.4 Å². The monoisotopic (exact) mass is 703 g/mol. The number of hydrogen-bond donors (Lipinski definition) is 4. The summed E-state index contributed by atoms with van der Waals surface area (Å²) in [4.78, 5) is 52.8. The molecule has 4 amide bonds. The van der Waals surface area contributed by atoms with Gasteiger partial charge in [0.05, 0.1) is 36.9 Å². The summed E-state index contributed by atoms with van der Waals surface area (Å²) in [5.41, 5.74) is 3.47. The lowest BCUT2D eigenvalue weighted by molar-refractivity contribution is -0.130. The van der Waals surface area contributed by atoms with E-state index in [1.165, 1.54) is 18.2 Å². The number of hydrogen-bond acceptors (Lipinski definition) is 6. The Morgan fingerprint density at radius 2 is 1.52 bits per heavy atom. The third-order valence-electron chi connectivity index (χ3n) is 8.76. The fourth-order valence-electron chi connectivity index (χ4n) is 5.81. The topological polar surface area (TPSA) is 149 Å². The SMILES string of the molecule is CC(C)C(NC(=O)CCC[C@H](COCc1ccccc1)NC(=O)c1cc(C#N)cc(C(=O)N[C@H](C)c2ccccc2)c1)C(=O)NCC1=CCCC=C1. The second-order valence-corrected chi connectivity index (χ2v) is 13.3. The van der Waals surface area contributed by atoms with Crippen LogP contribution in [0.3, 0.4) is 0 Å². The van der Waals surface area contributed by atoms with Crippen molar-refractivity contribution in [3.8, 4) is 6.07 Å². The van der Waals surface area contributed by atoms with E-state index in [1.807, 2.05) is 93.6 Å². The van der Waals surface area contributed by atoms with Crippen molar-refractivity contribution in [1.29, 1.82) is 5.26 Å². The van der Waals surface area contributed by atoms with Crippen molar-refractivity contribution in [2.45, 2.75) is 77.6 Å². The number of ether oxygens (including phenoxy) is 1. The maximum atomic E-state index is 13.6. The molecule has 0 saturated heterocycles. The fourth-order valence-corrected chi connectivity index (χ4v) is 5.81. The van der Waals surface area contributed by atoms with Gasteiger partial charge >= 0.3 is 0 Å². The predicted molar refractivity (Wildman–Crippen MR) is 201 cm³/mol. The maximum Gasteiger partial charge on any atom is 0.251 e. The van der Waals surface area contributed by atoms with Crippen molar-refractivity contribution >= 4 is 23.6 Å². The lowest BCUT2D eigenvalue weighted by atomic mass is 10.0. The van der Waals surface area contributed by atoms with Crippen LogP contribution in [0.15, 0.2) is 103 Å². The molecule has 0 bridgehead atoms. The molecule has 1 aliphatic carbocycles. The number of amides is 4. The average molecular weight is 704 g/mol. The van der Waals surface area contributed by atoms with Crippen molar-refractivity contribution in [2.75, 3.05) is 13.2 Å². The molecule has 10 nitrogen and oxygen atoms in total. The number of carbonyl (C=O) groups is 4. The molecule has 0 radical (unpaired) electrons. The van der Waals surface area contributed by atoms with E-state index in [1.54, 1.807) is 0 Å². The van der Waals surface area contributed by atoms with Gasteiger partial charge in [0.15, 0.2) is 0 Å². The van der Waals surface area contributed by atoms with Gasteiger partial charge in [0, 0.05) is 24.1 Å². The van der Waals surface area contributed by atoms with Gasteiger partial charge in [-0.15, -0.1) is 0 Å². The molecule has 3 aromatic carbocycles. The van der Waals surface area contributed by atoms with Crippen LogP contribution in [0.25, 0.3) is 0 Å². The molecule has 0 aromatic heterocycles. The summed E-state index contributed by atoms with van der Waals surface area (Å²) in [6, 6.07) is 24.1. The second-order valence-electron chi connectivity index (χ2n) is 13.3. The van der Waals surface area contributed by atoms with E-state index < -0.39 is 23.9 Å². The van der Waals surface area contributed by atoms with Crippen LogP contribution in [0.4, 0.5) is 0 Å². The quantitative estimate of drug-likeness (QED) is 0.126. The zero-order valence-corrected chi connectivity index (χ0v) is 30.2. The number of carbonyl (C=O) groups excluding carboxylic acids is 4. The zero-order chi connectivity index (χ0) is 37.3. The van der Waals surface area contributed by atoms with Crippen molar-refractivity contribution < 1.29 is 23.9 Å². The first-order valence-corrected chi connectivity index (χ1v) is 17.9. The molecular formula is C42H49N5O5. The lowest BCUT2D eigenvalue weighted by Gasteiger charge is -2.23. The van der Waals surface area contributed by atoms with E-state index in [0.29, 0.717) is 26.0 Å². The number of rotatable bonds is 18. The van der Waals surface area contributed by atoms with Crippen LogP contribution in [-0.2, 0) is 20.9 Å². The highest BCUT2D eigenvalue weighted by molar-refractivity contribution is 6.00. The minimum atomic E-state index is -0.681. The third kappa shape index (κ3) is 12.7. The molecule has 4 N–H and O–H groups in total. The Hall–Kier alpha value is -5.53. The number of allylic oxidation sites excluding steroid dienone is 2. The van der Waals surface area contributed by atoms with Gasteiger partial charge in [-0.05, 0) is 73.4 Å². The van der Waals surface area contributed by atoms with Crippen LogP contribution in [0, 0.1) is 17.2 Å². The van der Waals surface area contributed by atoms with Gasteiger partial charge in [0.2, 0.25) is 11.8 Å². The third-order valence-corrected chi connectivity index (χ3v) is 8.76. The molecule has 272 valence electrons. The summed E-state index contributed by atoms with van der Waals surface area (Å²) < 4.78 is 5.98. The van der Waals surface area contributed by atoms with E-state index in [0.717, 1.165) is 29.5 Å². The van der Waals surface area contributed by atoms with Crippen LogP contribution >= 0.6 is 0 Å². The van der Waals surface area contributed by atoms with E-state index in [4.69, 9.17) is 4.74 Å². The highest BCUT2D eigenvalue weighted by Crippen LogP contribution is 2.16. The second kappa shape index (κ2) is 20.4. The molecule has 0 heterocycles. The Morgan fingerprint density at radius 1 is 0.846 bits per heavy atom. The number of nitrogens with zero attached hydrogens (tertiary/aromatic N) is 1. The average Bonchev–Trinajstić information content (AvgIpc) is 3.16. The Morgan fingerprint density at radius 3 is 2.15 bits per heavy atom. The van der Waals surface area contributed by atoms with Crippen molar-refractivity contribution in [3.05, 3.63) is 130 Å². The van der Waals surface area contributed by atoms with E-state index in [9.17, 15) is 24.4 Å². The zero-order valence-electron chi connectivity index (χ0n) is 30.2. The molecule has 0 spiro atoms. The van der Waals surface area contributed by atoms with Gasteiger partial charge in [-0.1, -0.05) is 92.7 Å². The van der Waals surface area contributed by atoms with Gasteiger partial charge in [-0.3, -0.25) is 19.2 Å². The first-order valence-electron chi connectivity index (χ1n) is 17.9. The summed E-state index contributed by atoms with van der Waals surface area (Å²) in [5.74, 6) is -1.49. The smallest absolute Gasteiger partial charge is 0.251 e. The van der Waals surface area contributed by atoms with Crippen molar-refractivity contribution in [1.82, 2.24) is 21.3 Å². The van der Waals surface area contributed by atoms with Crippen LogP contribution in [-0.4, -0.2) is 48.9 Å². The first kappa shape index (κ1) is 39.3. The molecule has 10 heteroatoms. The summed E-state index contributed by atoms with van der Waals surface area (Å²) in [6.07, 6.45) is 9.10. The van der Waals surface area contributed by atoms with Crippen LogP contribution in [0.5, 0.6) is 0 Å². The summed E-state index contributed by atoms with van der Waals surface area (Å²) in [5, 5.41) is 21.5. The molecule has 0 fully saturated rings. The first-order chi connectivity index (χ1) is 25.1. The van der Waals surface area contributed by atoms with Gasteiger partial charge in [0.25, 0.3) is 11.8 Å². The predicted octanol–water partition coefficient (Wildman–Crippen LogP) is 6.07. The number of nitrogens with one attached hydrogen (secondary N) is 4. The number of nitriles is 1. The lowest BCUT2D eigenvalue weighted by Crippen LogP contribution is -2.50. The molecule has 0 saturated carbocycles. The molecule has 3 aromatic rings. The largest absolute Gasteiger partial charge is 0.375 e. The molecule has 1 aliphatic rings. The Labute approximate surface area is 306 Å². The number of benzene rings is 3. The van der Waals surface area contributed by atoms with Crippen LogP contribution in [0.2, 0.25) is 0 Å². The highest BCUT2D eigenvalue weighted by Gasteiger charge is 2.25. The van der Waals surface area contributed by atoms with Gasteiger partial charge in [-0.25, -0.2) is 0 Å². The fraction of sp³-hybridized carbons (Fsp3) is 0.357. The van der Waals surface area contributed by atoms with Crippen molar-refractivity contribution in [2.24, 2.45) is 5.92 Å². The Bertz CT molecular complexity index is 1760. The molecule has 4 rings (SSSR count). The Kier molecular flexibility index (Phi) is 15.4. The van der Waals surface area contributed by atoms with Gasteiger partial charge in [-0.2, -0.15) is 5.26 Å². The van der Waals surface area contributed by atoms with Crippen LogP contribution < -0.4 is 21.3 Å². The minimum Gasteiger partial charge on any atom is -0.375 e. The summed E-state index contributed by atoms with van der Waals surface area (Å²) in [6.45, 7) is 6.55. The van der Waals surface area contributed by atoms with E-state index >= 15 is 0 Å². The summed E-state index contributed by atoms with van der Waals surface area (Å²) >= 11 is 0. The van der Waals surface area contributed by atoms with Gasteiger partial charge < -0.3 is 26.0 Å². The maximum absolute atomic E-state index is 13.6. The standard InChI is InChI=1S/C42H49N5O5/c1-29(2)39(42(51)44-26-31-14-7-4-8-15-31)47-38(48)21-13-20-37(28-52-27-32-16-9-5-10-17-32)46-41(50)36-23-33(25-43)22-35(24-36)40(49)45-30(3)34-18-11-6-12-19-34/h5-7,9-12,14-19,22-24,29-30,37,39H,4,8,13,20-21,26-28H2,1-3H3,(H,44,51)(H,45,49)(H,46,50)(H,47,48)/t30-,37-,39?/m1/s1. The molecule has 3 atom stereocenters.